The molecule has 0 bridgehead atoms. The second-order valence-corrected chi connectivity index (χ2v) is 5.90. The number of carbonyl (C=O) groups excluding carboxylic acids is 1. The molecular weight excluding hydrogens is 242 g/mol. The number of ether oxygens (including phenoxy) is 1. The first-order chi connectivity index (χ1) is 6.95. The molecule has 0 unspecified atom stereocenters. The summed E-state index contributed by atoms with van der Waals surface area (Å²) in [4.78, 5) is 11.4. The highest BCUT2D eigenvalue weighted by atomic mass is 35.7. The van der Waals surface area contributed by atoms with E-state index in [1.807, 2.05) is 0 Å². The monoisotopic (exact) mass is 255 g/mol. The summed E-state index contributed by atoms with van der Waals surface area (Å²) in [5.74, 6) is -0.727. The topological polar surface area (TPSA) is 63.7 Å². The van der Waals surface area contributed by atoms with Crippen molar-refractivity contribution >= 4 is 25.9 Å². The molecule has 1 aliphatic heterocycles. The van der Waals surface area contributed by atoms with Gasteiger partial charge in [-0.15, -0.1) is 0 Å². The molecule has 0 aromatic rings. The van der Waals surface area contributed by atoms with E-state index in [9.17, 15) is 13.2 Å². The Hall–Kier alpha value is -0.330. The minimum atomic E-state index is -3.71. The van der Waals surface area contributed by atoms with Crippen LogP contribution in [0.15, 0.2) is 0 Å². The van der Waals surface area contributed by atoms with Crippen LogP contribution in [0.1, 0.15) is 19.8 Å². The van der Waals surface area contributed by atoms with E-state index in [-0.39, 0.29) is 18.4 Å². The molecule has 1 rings (SSSR count). The summed E-state index contributed by atoms with van der Waals surface area (Å²) in [6.07, 6.45) is 1.29. The van der Waals surface area contributed by atoms with Crippen molar-refractivity contribution in [2.45, 2.75) is 19.8 Å². The molecule has 88 valence electrons. The van der Waals surface area contributed by atoms with Crippen molar-refractivity contribution in [3.63, 3.8) is 0 Å². The summed E-state index contributed by atoms with van der Waals surface area (Å²) in [5, 5.41) is 0. The van der Waals surface area contributed by atoms with Crippen molar-refractivity contribution in [3.05, 3.63) is 0 Å². The highest BCUT2D eigenvalue weighted by Gasteiger charge is 2.31. The van der Waals surface area contributed by atoms with E-state index in [4.69, 9.17) is 15.4 Å². The van der Waals surface area contributed by atoms with Crippen molar-refractivity contribution < 1.29 is 17.9 Å². The number of halogens is 1. The first-order valence-corrected chi connectivity index (χ1v) is 7.08. The second-order valence-electron chi connectivity index (χ2n) is 3.39. The van der Waals surface area contributed by atoms with Crippen LogP contribution in [0.2, 0.25) is 0 Å². The van der Waals surface area contributed by atoms with Crippen molar-refractivity contribution in [2.75, 3.05) is 19.7 Å². The normalized spacial score (nSPS) is 23.7. The van der Waals surface area contributed by atoms with Crippen molar-refractivity contribution in [2.24, 2.45) is 5.92 Å². The Morgan fingerprint density at radius 3 is 2.80 bits per heavy atom. The maximum atomic E-state index is 11.4. The lowest BCUT2D eigenvalue weighted by Crippen LogP contribution is -2.40. The van der Waals surface area contributed by atoms with E-state index in [1.165, 1.54) is 0 Å². The number of nitrogens with zero attached hydrogens (tertiary/aromatic N) is 1. The van der Waals surface area contributed by atoms with Crippen LogP contribution >= 0.6 is 10.7 Å². The van der Waals surface area contributed by atoms with Crippen LogP contribution in [-0.2, 0) is 18.8 Å². The van der Waals surface area contributed by atoms with Gasteiger partial charge in [-0.2, -0.15) is 12.7 Å². The zero-order valence-corrected chi connectivity index (χ0v) is 10.1. The number of esters is 1. The molecule has 0 spiro atoms. The van der Waals surface area contributed by atoms with E-state index >= 15 is 0 Å². The van der Waals surface area contributed by atoms with Crippen molar-refractivity contribution in [3.8, 4) is 0 Å². The largest absolute Gasteiger partial charge is 0.466 e. The summed E-state index contributed by atoms with van der Waals surface area (Å²) >= 11 is 0. The highest BCUT2D eigenvalue weighted by molar-refractivity contribution is 8.11. The average Bonchev–Trinajstić information content (AvgIpc) is 2.17. The highest BCUT2D eigenvalue weighted by Crippen LogP contribution is 2.21. The van der Waals surface area contributed by atoms with Gasteiger partial charge in [0.25, 0.3) is 9.24 Å². The molecule has 5 nitrogen and oxygen atoms in total. The number of piperidine rings is 1. The molecule has 1 fully saturated rings. The number of rotatable bonds is 3. The fourth-order valence-electron chi connectivity index (χ4n) is 1.59. The van der Waals surface area contributed by atoms with Gasteiger partial charge in [-0.25, -0.2) is 0 Å². The van der Waals surface area contributed by atoms with Gasteiger partial charge < -0.3 is 4.74 Å². The Bertz CT molecular complexity index is 330. The Kier molecular flexibility index (Phi) is 4.36. The van der Waals surface area contributed by atoms with Crippen LogP contribution in [-0.4, -0.2) is 38.4 Å². The second kappa shape index (κ2) is 5.14. The molecule has 7 heteroatoms. The van der Waals surface area contributed by atoms with Crippen LogP contribution in [0.25, 0.3) is 0 Å². The Balaban J connectivity index is 2.60. The number of carbonyl (C=O) groups is 1. The standard InChI is InChI=1S/C8H14ClNO4S/c1-2-14-8(11)7-4-3-5-10(6-7)15(9,12)13/h7H,2-6H2,1H3/t7-/m1/s1. The van der Waals surface area contributed by atoms with Gasteiger partial charge in [-0.1, -0.05) is 0 Å². The zero-order chi connectivity index (χ0) is 11.5. The Morgan fingerprint density at radius 1 is 1.60 bits per heavy atom. The van der Waals surface area contributed by atoms with Gasteiger partial charge in [0.15, 0.2) is 0 Å². The summed E-state index contributed by atoms with van der Waals surface area (Å²) in [5.41, 5.74) is 0. The average molecular weight is 256 g/mol. The lowest BCUT2D eigenvalue weighted by Gasteiger charge is -2.28. The predicted octanol–water partition coefficient (Wildman–Crippen LogP) is 0.745. The summed E-state index contributed by atoms with van der Waals surface area (Å²) in [7, 11) is 1.50. The van der Waals surface area contributed by atoms with Gasteiger partial charge in [0.1, 0.15) is 0 Å². The van der Waals surface area contributed by atoms with Crippen LogP contribution in [0, 0.1) is 5.92 Å². The van der Waals surface area contributed by atoms with E-state index < -0.39 is 9.24 Å². The van der Waals surface area contributed by atoms with Gasteiger partial charge in [0.2, 0.25) is 0 Å². The van der Waals surface area contributed by atoms with Crippen molar-refractivity contribution in [1.82, 2.24) is 4.31 Å². The third kappa shape index (κ3) is 3.62. The molecule has 1 saturated heterocycles. The van der Waals surface area contributed by atoms with Gasteiger partial charge in [0, 0.05) is 23.8 Å². The molecule has 1 atom stereocenters. The zero-order valence-electron chi connectivity index (χ0n) is 8.48. The Labute approximate surface area is 93.9 Å². The van der Waals surface area contributed by atoms with Gasteiger partial charge in [-0.05, 0) is 19.8 Å². The van der Waals surface area contributed by atoms with Crippen molar-refractivity contribution in [1.29, 1.82) is 0 Å². The quantitative estimate of drug-likeness (QED) is 0.551. The fraction of sp³-hybridized carbons (Fsp3) is 0.875. The fourth-order valence-corrected chi connectivity index (χ4v) is 2.67. The third-order valence-electron chi connectivity index (χ3n) is 2.31. The maximum Gasteiger partial charge on any atom is 0.310 e. The number of hydrogen-bond acceptors (Lipinski definition) is 4. The first kappa shape index (κ1) is 12.7. The molecule has 0 amide bonds. The van der Waals surface area contributed by atoms with E-state index in [0.717, 1.165) is 4.31 Å². The molecule has 0 aromatic heterocycles. The summed E-state index contributed by atoms with van der Waals surface area (Å²) < 4.78 is 28.1. The van der Waals surface area contributed by atoms with Crippen LogP contribution in [0.3, 0.4) is 0 Å². The summed E-state index contributed by atoms with van der Waals surface area (Å²) in [6, 6.07) is 0. The maximum absolute atomic E-state index is 11.4. The lowest BCUT2D eigenvalue weighted by molar-refractivity contribution is -0.149. The molecule has 0 N–H and O–H groups in total. The van der Waals surface area contributed by atoms with Gasteiger partial charge in [-0.3, -0.25) is 4.79 Å². The molecular formula is C8H14ClNO4S. The van der Waals surface area contributed by atoms with Gasteiger partial charge in [0.05, 0.1) is 12.5 Å². The Morgan fingerprint density at radius 2 is 2.27 bits per heavy atom. The minimum absolute atomic E-state index is 0.130. The number of hydrogen-bond donors (Lipinski definition) is 0. The molecule has 1 heterocycles. The third-order valence-corrected chi connectivity index (χ3v) is 3.85. The van der Waals surface area contributed by atoms with Crippen LogP contribution in [0.4, 0.5) is 0 Å². The first-order valence-electron chi connectivity index (χ1n) is 4.81. The van der Waals surface area contributed by atoms with E-state index in [2.05, 4.69) is 0 Å². The lowest BCUT2D eigenvalue weighted by atomic mass is 10.0. The van der Waals surface area contributed by atoms with E-state index in [1.54, 1.807) is 6.92 Å². The van der Waals surface area contributed by atoms with E-state index in [0.29, 0.717) is 26.0 Å². The summed E-state index contributed by atoms with van der Waals surface area (Å²) in [6.45, 7) is 2.53. The molecule has 0 aromatic carbocycles. The minimum Gasteiger partial charge on any atom is -0.466 e. The molecule has 15 heavy (non-hydrogen) atoms. The van der Waals surface area contributed by atoms with Gasteiger partial charge >= 0.3 is 5.97 Å². The molecule has 0 radical (unpaired) electrons. The SMILES string of the molecule is CCOC(=O)[C@@H]1CCCN(S(=O)(=O)Cl)C1. The van der Waals surface area contributed by atoms with Crippen LogP contribution in [0.5, 0.6) is 0 Å². The molecule has 1 aliphatic rings. The predicted molar refractivity (Wildman–Crippen MR) is 55.7 cm³/mol. The molecule has 0 aliphatic carbocycles. The van der Waals surface area contributed by atoms with Crippen LogP contribution < -0.4 is 0 Å². The molecule has 0 saturated carbocycles. The smallest absolute Gasteiger partial charge is 0.310 e.